The lowest BCUT2D eigenvalue weighted by Crippen LogP contribution is -2.34. The Balaban J connectivity index is 2.24. The molecular formula is C17H25N3O6. The van der Waals surface area contributed by atoms with E-state index in [1.165, 1.54) is 20.8 Å². The summed E-state index contributed by atoms with van der Waals surface area (Å²) in [5.74, 6) is -1.27. The van der Waals surface area contributed by atoms with Gasteiger partial charge in [0.15, 0.2) is 0 Å². The fourth-order valence-electron chi connectivity index (χ4n) is 2.14. The molecule has 0 fully saturated rings. The van der Waals surface area contributed by atoms with E-state index < -0.39 is 11.7 Å². The fraction of sp³-hybridized carbons (Fsp3) is 0.529. The van der Waals surface area contributed by atoms with Gasteiger partial charge in [0, 0.05) is 38.6 Å². The lowest BCUT2D eigenvalue weighted by atomic mass is 9.98. The van der Waals surface area contributed by atoms with Crippen LogP contribution in [-0.4, -0.2) is 62.9 Å². The average Bonchev–Trinajstić information content (AvgIpc) is 2.56. The minimum absolute atomic E-state index is 0.0155. The van der Waals surface area contributed by atoms with Gasteiger partial charge < -0.3 is 25.4 Å². The summed E-state index contributed by atoms with van der Waals surface area (Å²) in [5.41, 5.74) is 0.444. The fourth-order valence-corrected chi connectivity index (χ4v) is 2.14. The molecular weight excluding hydrogens is 342 g/mol. The van der Waals surface area contributed by atoms with Gasteiger partial charge in [-0.25, -0.2) is 0 Å². The minimum Gasteiger partial charge on any atom is -0.379 e. The van der Waals surface area contributed by atoms with Crippen molar-refractivity contribution >= 4 is 23.4 Å². The zero-order chi connectivity index (χ0) is 19.5. The van der Waals surface area contributed by atoms with Crippen LogP contribution >= 0.6 is 0 Å². The Morgan fingerprint density at radius 1 is 0.962 bits per heavy atom. The summed E-state index contributed by atoms with van der Waals surface area (Å²) in [5, 5.41) is 7.85. The van der Waals surface area contributed by atoms with Crippen LogP contribution in [0, 0.1) is 0 Å². The molecule has 0 aromatic heterocycles. The first-order valence-electron chi connectivity index (χ1n) is 8.26. The predicted octanol–water partition coefficient (Wildman–Crippen LogP) is -0.809. The van der Waals surface area contributed by atoms with Crippen molar-refractivity contribution in [3.05, 3.63) is 23.0 Å². The maximum absolute atomic E-state index is 12.1. The summed E-state index contributed by atoms with van der Waals surface area (Å²) in [6.45, 7) is 6.54. The summed E-state index contributed by atoms with van der Waals surface area (Å²) in [4.78, 5) is 45.9. The third-order valence-electron chi connectivity index (χ3n) is 3.33. The lowest BCUT2D eigenvalue weighted by molar-refractivity contribution is -0.121. The first kappa shape index (κ1) is 21.5. The van der Waals surface area contributed by atoms with Crippen molar-refractivity contribution in [3.63, 3.8) is 0 Å². The molecule has 0 saturated carbocycles. The number of nitrogens with one attached hydrogen (secondary N) is 3. The maximum atomic E-state index is 12.1. The van der Waals surface area contributed by atoms with Gasteiger partial charge in [0.05, 0.1) is 37.8 Å². The van der Waals surface area contributed by atoms with Crippen molar-refractivity contribution in [3.8, 4) is 0 Å². The smallest absolute Gasteiger partial charge is 0.221 e. The van der Waals surface area contributed by atoms with E-state index in [9.17, 15) is 19.2 Å². The number of hydrogen-bond donors (Lipinski definition) is 3. The second-order valence-electron chi connectivity index (χ2n) is 5.57. The Labute approximate surface area is 152 Å². The largest absolute Gasteiger partial charge is 0.379 e. The third-order valence-corrected chi connectivity index (χ3v) is 3.33. The monoisotopic (exact) mass is 367 g/mol. The molecule has 26 heavy (non-hydrogen) atoms. The molecule has 144 valence electrons. The topological polar surface area (TPSA) is 123 Å². The van der Waals surface area contributed by atoms with Crippen LogP contribution in [0.1, 0.15) is 20.8 Å². The van der Waals surface area contributed by atoms with Crippen molar-refractivity contribution in [1.82, 2.24) is 16.0 Å². The van der Waals surface area contributed by atoms with E-state index in [2.05, 4.69) is 16.0 Å². The quantitative estimate of drug-likeness (QED) is 0.322. The Morgan fingerprint density at radius 2 is 1.58 bits per heavy atom. The number of ketones is 2. The zero-order valence-corrected chi connectivity index (χ0v) is 15.3. The van der Waals surface area contributed by atoms with Gasteiger partial charge in [-0.15, -0.1) is 0 Å². The average molecular weight is 367 g/mol. The minimum atomic E-state index is -0.408. The highest BCUT2D eigenvalue weighted by Crippen LogP contribution is 2.15. The van der Waals surface area contributed by atoms with Gasteiger partial charge in [-0.05, 0) is 6.92 Å². The van der Waals surface area contributed by atoms with E-state index >= 15 is 0 Å². The Bertz CT molecular complexity index is 624. The highest BCUT2D eigenvalue weighted by Gasteiger charge is 2.26. The Hall–Kier alpha value is -2.52. The van der Waals surface area contributed by atoms with Crippen LogP contribution in [0.2, 0.25) is 0 Å². The van der Waals surface area contributed by atoms with E-state index in [4.69, 9.17) is 9.47 Å². The normalized spacial score (nSPS) is 14.2. The summed E-state index contributed by atoms with van der Waals surface area (Å²) in [7, 11) is 0. The first-order valence-corrected chi connectivity index (χ1v) is 8.26. The van der Waals surface area contributed by atoms with Gasteiger partial charge in [-0.3, -0.25) is 19.2 Å². The molecule has 3 N–H and O–H groups in total. The number of allylic oxidation sites excluding steroid dienone is 2. The van der Waals surface area contributed by atoms with Gasteiger partial charge >= 0.3 is 0 Å². The van der Waals surface area contributed by atoms with E-state index in [0.717, 1.165) is 6.08 Å². The highest BCUT2D eigenvalue weighted by molar-refractivity contribution is 6.22. The van der Waals surface area contributed by atoms with Crippen LogP contribution in [0.5, 0.6) is 0 Å². The number of rotatable bonds is 11. The Morgan fingerprint density at radius 3 is 2.15 bits per heavy atom. The number of hydrogen-bond acceptors (Lipinski definition) is 7. The summed E-state index contributed by atoms with van der Waals surface area (Å²) in [6, 6.07) is 0. The van der Waals surface area contributed by atoms with Gasteiger partial charge in [0.1, 0.15) is 0 Å². The second-order valence-corrected chi connectivity index (χ2v) is 5.57. The van der Waals surface area contributed by atoms with Crippen LogP contribution in [0.15, 0.2) is 23.0 Å². The molecule has 0 aromatic carbocycles. The molecule has 1 rings (SSSR count). The predicted molar refractivity (Wildman–Crippen MR) is 92.9 cm³/mol. The molecule has 0 atom stereocenters. The van der Waals surface area contributed by atoms with Crippen molar-refractivity contribution in [2.75, 3.05) is 39.5 Å². The molecule has 0 heterocycles. The standard InChI is InChI=1S/C17H25N3O6/c1-11-16(15(23)10-14(17(11)24)20-13(3)22)19-5-7-26-9-8-25-6-4-18-12(2)21/h10,19H,4-9H2,1-3H3,(H,18,21)(H,20,22). The molecule has 0 aromatic rings. The van der Waals surface area contributed by atoms with Gasteiger partial charge in [0.2, 0.25) is 23.4 Å². The third kappa shape index (κ3) is 7.58. The van der Waals surface area contributed by atoms with E-state index in [1.54, 1.807) is 0 Å². The molecule has 9 heteroatoms. The maximum Gasteiger partial charge on any atom is 0.221 e. The van der Waals surface area contributed by atoms with Crippen molar-refractivity contribution in [2.24, 2.45) is 0 Å². The van der Waals surface area contributed by atoms with E-state index in [0.29, 0.717) is 39.5 Å². The molecule has 0 bridgehead atoms. The number of carbonyl (C=O) groups excluding carboxylic acids is 4. The number of Topliss-reactive ketones (excluding diaryl/α,β-unsaturated/α-hetero) is 1. The van der Waals surface area contributed by atoms with E-state index in [1.807, 2.05) is 0 Å². The molecule has 0 unspecified atom stereocenters. The number of carbonyl (C=O) groups is 4. The molecule has 0 spiro atoms. The Kier molecular flexibility index (Phi) is 9.24. The van der Waals surface area contributed by atoms with Crippen molar-refractivity contribution in [2.45, 2.75) is 20.8 Å². The second kappa shape index (κ2) is 11.2. The van der Waals surface area contributed by atoms with Crippen molar-refractivity contribution < 1.29 is 28.7 Å². The van der Waals surface area contributed by atoms with Crippen LogP contribution in [0.4, 0.5) is 0 Å². The lowest BCUT2D eigenvalue weighted by Gasteiger charge is -2.18. The molecule has 1 aliphatic rings. The number of amides is 2. The van der Waals surface area contributed by atoms with Gasteiger partial charge in [-0.1, -0.05) is 0 Å². The number of ether oxygens (including phenoxy) is 2. The van der Waals surface area contributed by atoms with Crippen LogP contribution in [-0.2, 0) is 28.7 Å². The van der Waals surface area contributed by atoms with Crippen LogP contribution in [0.3, 0.4) is 0 Å². The summed E-state index contributed by atoms with van der Waals surface area (Å²) in [6.07, 6.45) is 1.11. The first-order chi connectivity index (χ1) is 12.3. The van der Waals surface area contributed by atoms with Crippen LogP contribution in [0.25, 0.3) is 0 Å². The molecule has 0 radical (unpaired) electrons. The summed E-state index contributed by atoms with van der Waals surface area (Å²) >= 11 is 0. The van der Waals surface area contributed by atoms with Crippen molar-refractivity contribution in [1.29, 1.82) is 0 Å². The highest BCUT2D eigenvalue weighted by atomic mass is 16.5. The van der Waals surface area contributed by atoms with Gasteiger partial charge in [-0.2, -0.15) is 0 Å². The SMILES string of the molecule is CC(=O)NCCOCCOCCNC1=C(C)C(=O)C(NC(C)=O)=CC1=O. The molecule has 0 saturated heterocycles. The summed E-state index contributed by atoms with van der Waals surface area (Å²) < 4.78 is 10.6. The molecule has 2 amide bonds. The van der Waals surface area contributed by atoms with Crippen LogP contribution < -0.4 is 16.0 Å². The van der Waals surface area contributed by atoms with Gasteiger partial charge in [0.25, 0.3) is 0 Å². The molecule has 0 aliphatic heterocycles. The zero-order valence-electron chi connectivity index (χ0n) is 15.3. The molecule has 1 aliphatic carbocycles. The molecule has 9 nitrogen and oxygen atoms in total. The van der Waals surface area contributed by atoms with E-state index in [-0.39, 0.29) is 28.7 Å².